The van der Waals surface area contributed by atoms with Gasteiger partial charge in [-0.15, -0.1) is 0 Å². The van der Waals surface area contributed by atoms with Crippen LogP contribution >= 0.6 is 24.0 Å². The maximum absolute atomic E-state index is 11.8. The van der Waals surface area contributed by atoms with Gasteiger partial charge in [0.05, 0.1) is 19.1 Å². The lowest BCUT2D eigenvalue weighted by molar-refractivity contribution is -0.115. The molecule has 6 nitrogen and oxygen atoms in total. The first-order valence-corrected chi connectivity index (χ1v) is 9.64. The van der Waals surface area contributed by atoms with E-state index in [9.17, 15) is 4.79 Å². The Balaban J connectivity index is 1.57. The van der Waals surface area contributed by atoms with Gasteiger partial charge >= 0.3 is 0 Å². The van der Waals surface area contributed by atoms with E-state index in [0.29, 0.717) is 33.9 Å². The topological polar surface area (TPSA) is 66.0 Å². The van der Waals surface area contributed by atoms with Crippen molar-refractivity contribution in [3.05, 3.63) is 52.9 Å². The molecular weight excluding hydrogens is 398 g/mol. The van der Waals surface area contributed by atoms with Crippen molar-refractivity contribution in [2.75, 3.05) is 27.4 Å². The van der Waals surface area contributed by atoms with Gasteiger partial charge in [0.15, 0.2) is 11.5 Å². The van der Waals surface area contributed by atoms with E-state index in [1.165, 1.54) is 11.8 Å². The Labute approximate surface area is 172 Å². The van der Waals surface area contributed by atoms with Gasteiger partial charge < -0.3 is 24.3 Å². The number of hydrogen-bond acceptors (Lipinski definition) is 7. The van der Waals surface area contributed by atoms with Crippen molar-refractivity contribution in [1.29, 1.82) is 0 Å². The molecule has 0 spiro atoms. The number of nitrogens with one attached hydrogen (secondary N) is 1. The number of hydrogen-bond donors (Lipinski definition) is 1. The Kier molecular flexibility index (Phi) is 6.78. The quantitative estimate of drug-likeness (QED) is 0.399. The van der Waals surface area contributed by atoms with E-state index in [4.69, 9.17) is 31.2 Å². The lowest BCUT2D eigenvalue weighted by Crippen LogP contribution is -2.17. The molecular formula is C20H19NO5S2. The largest absolute Gasteiger partial charge is 0.497 e. The number of methoxy groups -OCH3 is 2. The van der Waals surface area contributed by atoms with E-state index in [-0.39, 0.29) is 5.91 Å². The number of rotatable bonds is 8. The highest BCUT2D eigenvalue weighted by Gasteiger charge is 2.22. The van der Waals surface area contributed by atoms with Crippen molar-refractivity contribution < 1.29 is 23.7 Å². The van der Waals surface area contributed by atoms with Gasteiger partial charge in [-0.1, -0.05) is 30.0 Å². The molecule has 0 unspecified atom stereocenters. The zero-order valence-corrected chi connectivity index (χ0v) is 17.0. The summed E-state index contributed by atoms with van der Waals surface area (Å²) >= 11 is 6.23. The molecule has 0 aromatic heterocycles. The van der Waals surface area contributed by atoms with Gasteiger partial charge in [-0.3, -0.25) is 4.79 Å². The van der Waals surface area contributed by atoms with Crippen LogP contribution in [-0.4, -0.2) is 37.7 Å². The van der Waals surface area contributed by atoms with E-state index in [0.717, 1.165) is 17.1 Å². The van der Waals surface area contributed by atoms with Crippen molar-refractivity contribution in [3.8, 4) is 23.0 Å². The molecule has 2 aromatic carbocycles. The highest BCUT2D eigenvalue weighted by atomic mass is 32.2. The number of ether oxygens (including phenoxy) is 4. The van der Waals surface area contributed by atoms with E-state index in [1.54, 1.807) is 26.4 Å². The standard InChI is InChI=1S/C20H19NO5S2/c1-23-14-4-6-15(7-5-14)25-9-10-26-16-8-3-13(11-17(16)24-2)12-18-19(22)21-20(27)28-18/h3-8,11-12H,9-10H2,1-2H3,(H,21,22,27)/b18-12-. The summed E-state index contributed by atoms with van der Waals surface area (Å²) in [5, 5.41) is 2.59. The summed E-state index contributed by atoms with van der Waals surface area (Å²) in [7, 11) is 3.19. The molecule has 0 atom stereocenters. The minimum atomic E-state index is -0.190. The van der Waals surface area contributed by atoms with Crippen LogP contribution in [0.15, 0.2) is 47.4 Å². The maximum atomic E-state index is 11.8. The van der Waals surface area contributed by atoms with Crippen LogP contribution in [-0.2, 0) is 4.79 Å². The number of amides is 1. The second-order valence-corrected chi connectivity index (χ2v) is 7.35. The molecule has 146 valence electrons. The Morgan fingerprint density at radius 3 is 2.32 bits per heavy atom. The van der Waals surface area contributed by atoms with Crippen LogP contribution in [0.5, 0.6) is 23.0 Å². The molecule has 2 aromatic rings. The van der Waals surface area contributed by atoms with E-state index in [1.807, 2.05) is 36.4 Å². The number of thioether (sulfide) groups is 1. The predicted molar refractivity (Wildman–Crippen MR) is 113 cm³/mol. The van der Waals surface area contributed by atoms with Crippen molar-refractivity contribution in [3.63, 3.8) is 0 Å². The van der Waals surface area contributed by atoms with E-state index < -0.39 is 0 Å². The predicted octanol–water partition coefficient (Wildman–Crippen LogP) is 3.65. The van der Waals surface area contributed by atoms with Crippen LogP contribution < -0.4 is 24.3 Å². The second kappa shape index (κ2) is 9.48. The molecule has 1 aliphatic heterocycles. The number of carbonyl (C=O) groups is 1. The fraction of sp³-hybridized carbons (Fsp3) is 0.200. The molecule has 1 aliphatic rings. The fourth-order valence-electron chi connectivity index (χ4n) is 2.45. The smallest absolute Gasteiger partial charge is 0.263 e. The minimum Gasteiger partial charge on any atom is -0.497 e. The lowest BCUT2D eigenvalue weighted by atomic mass is 10.2. The van der Waals surface area contributed by atoms with Crippen molar-refractivity contribution in [2.45, 2.75) is 0 Å². The average Bonchev–Trinajstić information content (AvgIpc) is 3.03. The van der Waals surface area contributed by atoms with Gasteiger partial charge in [-0.25, -0.2) is 0 Å². The van der Waals surface area contributed by atoms with Gasteiger partial charge in [-0.2, -0.15) is 0 Å². The zero-order chi connectivity index (χ0) is 19.9. The molecule has 28 heavy (non-hydrogen) atoms. The molecule has 0 aliphatic carbocycles. The Hall–Kier alpha value is -2.71. The first-order valence-electron chi connectivity index (χ1n) is 8.41. The molecule has 1 N–H and O–H groups in total. The van der Waals surface area contributed by atoms with Crippen LogP contribution in [0.25, 0.3) is 6.08 Å². The molecule has 0 bridgehead atoms. The number of carbonyl (C=O) groups excluding carboxylic acids is 1. The fourth-order valence-corrected chi connectivity index (χ4v) is 3.49. The van der Waals surface area contributed by atoms with Gasteiger partial charge in [-0.05, 0) is 48.0 Å². The van der Waals surface area contributed by atoms with Crippen LogP contribution in [0, 0.1) is 0 Å². The van der Waals surface area contributed by atoms with Gasteiger partial charge in [0.1, 0.15) is 29.0 Å². The summed E-state index contributed by atoms with van der Waals surface area (Å²) in [5.74, 6) is 2.50. The lowest BCUT2D eigenvalue weighted by Gasteiger charge is -2.12. The molecule has 3 rings (SSSR count). The number of benzene rings is 2. The third-order valence-electron chi connectivity index (χ3n) is 3.80. The van der Waals surface area contributed by atoms with Crippen LogP contribution in [0.3, 0.4) is 0 Å². The molecule has 1 amide bonds. The normalized spacial score (nSPS) is 14.7. The third-order valence-corrected chi connectivity index (χ3v) is 4.96. The minimum absolute atomic E-state index is 0.190. The summed E-state index contributed by atoms with van der Waals surface area (Å²) in [4.78, 5) is 12.3. The van der Waals surface area contributed by atoms with Crippen molar-refractivity contribution in [2.24, 2.45) is 0 Å². The highest BCUT2D eigenvalue weighted by molar-refractivity contribution is 8.26. The maximum Gasteiger partial charge on any atom is 0.263 e. The highest BCUT2D eigenvalue weighted by Crippen LogP contribution is 2.31. The van der Waals surface area contributed by atoms with Gasteiger partial charge in [0, 0.05) is 0 Å². The Morgan fingerprint density at radius 2 is 1.68 bits per heavy atom. The van der Waals surface area contributed by atoms with Crippen LogP contribution in [0.2, 0.25) is 0 Å². The number of thiocarbonyl (C=S) groups is 1. The first kappa shape index (κ1) is 20.0. The molecule has 1 saturated heterocycles. The zero-order valence-electron chi connectivity index (χ0n) is 15.4. The van der Waals surface area contributed by atoms with E-state index in [2.05, 4.69) is 5.32 Å². The van der Waals surface area contributed by atoms with Crippen molar-refractivity contribution in [1.82, 2.24) is 5.32 Å². The Morgan fingerprint density at radius 1 is 0.964 bits per heavy atom. The van der Waals surface area contributed by atoms with Gasteiger partial charge in [0.2, 0.25) is 0 Å². The van der Waals surface area contributed by atoms with Crippen molar-refractivity contribution >= 4 is 40.3 Å². The second-order valence-electron chi connectivity index (χ2n) is 5.63. The monoisotopic (exact) mass is 417 g/mol. The average molecular weight is 418 g/mol. The van der Waals surface area contributed by atoms with E-state index >= 15 is 0 Å². The summed E-state index contributed by atoms with van der Waals surface area (Å²) in [6.45, 7) is 0.741. The van der Waals surface area contributed by atoms with Crippen LogP contribution in [0.1, 0.15) is 5.56 Å². The van der Waals surface area contributed by atoms with Gasteiger partial charge in [0.25, 0.3) is 5.91 Å². The molecule has 1 fully saturated rings. The molecule has 1 heterocycles. The summed E-state index contributed by atoms with van der Waals surface area (Å²) in [5.41, 5.74) is 0.820. The Bertz CT molecular complexity index is 896. The molecule has 8 heteroatoms. The first-order chi connectivity index (χ1) is 13.6. The summed E-state index contributed by atoms with van der Waals surface area (Å²) in [6.07, 6.45) is 1.76. The van der Waals surface area contributed by atoms with Crippen LogP contribution in [0.4, 0.5) is 0 Å². The molecule has 0 saturated carbocycles. The SMILES string of the molecule is COc1ccc(OCCOc2ccc(/C=C3\SC(=S)NC3=O)cc2OC)cc1. The summed E-state index contributed by atoms with van der Waals surface area (Å²) in [6, 6.07) is 12.8. The third kappa shape index (κ3) is 5.17. The summed E-state index contributed by atoms with van der Waals surface area (Å²) < 4.78 is 22.4. The molecule has 0 radical (unpaired) electrons.